The Kier molecular flexibility index (Phi) is 2.79. The molecule has 0 saturated carbocycles. The Morgan fingerprint density at radius 1 is 1.00 bits per heavy atom. The molecule has 4 nitrogen and oxygen atoms in total. The van der Waals surface area contributed by atoms with Crippen molar-refractivity contribution in [2.45, 2.75) is 0 Å². The Bertz CT molecular complexity index is 761. The van der Waals surface area contributed by atoms with Crippen LogP contribution in [-0.2, 0) is 9.59 Å². The number of nitrogens with zero attached hydrogens (tertiary/aromatic N) is 1. The van der Waals surface area contributed by atoms with Gasteiger partial charge < -0.3 is 4.74 Å². The van der Waals surface area contributed by atoms with Gasteiger partial charge in [-0.05, 0) is 34.5 Å². The summed E-state index contributed by atoms with van der Waals surface area (Å²) < 4.78 is 5.18. The van der Waals surface area contributed by atoms with Crippen LogP contribution in [0.5, 0.6) is 5.75 Å². The van der Waals surface area contributed by atoms with E-state index < -0.39 is 0 Å². The van der Waals surface area contributed by atoms with E-state index in [0.29, 0.717) is 5.57 Å². The van der Waals surface area contributed by atoms with Gasteiger partial charge in [-0.2, -0.15) is 0 Å². The summed E-state index contributed by atoms with van der Waals surface area (Å²) in [5, 5.41) is 2.03. The van der Waals surface area contributed by atoms with Gasteiger partial charge in [-0.3, -0.25) is 14.5 Å². The summed E-state index contributed by atoms with van der Waals surface area (Å²) in [7, 11) is 3.11. The van der Waals surface area contributed by atoms with Gasteiger partial charge in [0.1, 0.15) is 5.75 Å². The number of amides is 2. The molecule has 100 valence electrons. The van der Waals surface area contributed by atoms with Crippen LogP contribution >= 0.6 is 0 Å². The minimum atomic E-state index is -0.278. The molecule has 0 saturated heterocycles. The van der Waals surface area contributed by atoms with E-state index in [0.717, 1.165) is 27.0 Å². The number of likely N-dealkylation sites (N-methyl/N-ethyl adjacent to an activating group) is 1. The summed E-state index contributed by atoms with van der Waals surface area (Å²) in [6.07, 6.45) is 1.38. The number of rotatable bonds is 2. The molecule has 0 fully saturated rings. The number of methoxy groups -OCH3 is 1. The highest BCUT2D eigenvalue weighted by atomic mass is 16.5. The summed E-state index contributed by atoms with van der Waals surface area (Å²) in [6, 6.07) is 11.4. The molecule has 2 amide bonds. The molecular weight excluding hydrogens is 254 g/mol. The van der Waals surface area contributed by atoms with Gasteiger partial charge in [0, 0.05) is 13.1 Å². The van der Waals surface area contributed by atoms with Gasteiger partial charge in [0.25, 0.3) is 11.8 Å². The lowest BCUT2D eigenvalue weighted by Crippen LogP contribution is -2.25. The Balaban J connectivity index is 2.08. The van der Waals surface area contributed by atoms with Crippen molar-refractivity contribution in [3.8, 4) is 5.75 Å². The summed E-state index contributed by atoms with van der Waals surface area (Å²) in [5.41, 5.74) is 1.19. The molecule has 0 aliphatic carbocycles. The maximum atomic E-state index is 12.0. The Hall–Kier alpha value is -2.62. The van der Waals surface area contributed by atoms with Crippen molar-refractivity contribution in [2.75, 3.05) is 14.2 Å². The minimum Gasteiger partial charge on any atom is -0.497 e. The van der Waals surface area contributed by atoms with Crippen LogP contribution in [0.25, 0.3) is 16.3 Å². The first-order valence-corrected chi connectivity index (χ1v) is 6.22. The van der Waals surface area contributed by atoms with Crippen LogP contribution in [0.2, 0.25) is 0 Å². The highest BCUT2D eigenvalue weighted by molar-refractivity contribution is 6.33. The third kappa shape index (κ3) is 1.86. The molecule has 20 heavy (non-hydrogen) atoms. The van der Waals surface area contributed by atoms with Crippen molar-refractivity contribution >= 4 is 28.2 Å². The smallest absolute Gasteiger partial charge is 0.261 e. The molecule has 2 aromatic carbocycles. The van der Waals surface area contributed by atoms with Gasteiger partial charge in [-0.25, -0.2) is 0 Å². The average Bonchev–Trinajstić information content (AvgIpc) is 2.74. The Labute approximate surface area is 116 Å². The van der Waals surface area contributed by atoms with E-state index in [1.54, 1.807) is 7.11 Å². The number of ether oxygens (including phenoxy) is 1. The number of imide groups is 1. The van der Waals surface area contributed by atoms with E-state index in [1.807, 2.05) is 36.4 Å². The highest BCUT2D eigenvalue weighted by Crippen LogP contribution is 2.27. The number of hydrogen-bond acceptors (Lipinski definition) is 3. The Morgan fingerprint density at radius 3 is 2.35 bits per heavy atom. The molecule has 0 N–H and O–H groups in total. The zero-order valence-corrected chi connectivity index (χ0v) is 11.2. The first kappa shape index (κ1) is 12.4. The van der Waals surface area contributed by atoms with Crippen LogP contribution < -0.4 is 4.74 Å². The van der Waals surface area contributed by atoms with Crippen LogP contribution in [0, 0.1) is 0 Å². The van der Waals surface area contributed by atoms with Crippen molar-refractivity contribution in [1.29, 1.82) is 0 Å². The lowest BCUT2D eigenvalue weighted by molar-refractivity contribution is -0.134. The fourth-order valence-electron chi connectivity index (χ4n) is 2.29. The van der Waals surface area contributed by atoms with Crippen LogP contribution in [0.15, 0.2) is 42.5 Å². The first-order chi connectivity index (χ1) is 9.60. The van der Waals surface area contributed by atoms with E-state index in [4.69, 9.17) is 4.74 Å². The zero-order chi connectivity index (χ0) is 14.3. The fraction of sp³-hybridized carbons (Fsp3) is 0.125. The summed E-state index contributed by atoms with van der Waals surface area (Å²) in [5.74, 6) is 0.249. The fourth-order valence-corrected chi connectivity index (χ4v) is 2.29. The van der Waals surface area contributed by atoms with Crippen molar-refractivity contribution in [3.63, 3.8) is 0 Å². The summed E-state index contributed by atoms with van der Waals surface area (Å²) in [4.78, 5) is 24.6. The molecule has 0 aromatic heterocycles. The Morgan fingerprint density at radius 2 is 1.70 bits per heavy atom. The number of fused-ring (bicyclic) bond motifs is 1. The van der Waals surface area contributed by atoms with Gasteiger partial charge in [0.2, 0.25) is 0 Å². The minimum absolute atomic E-state index is 0.261. The van der Waals surface area contributed by atoms with E-state index in [-0.39, 0.29) is 11.8 Å². The average molecular weight is 267 g/mol. The maximum absolute atomic E-state index is 12.0. The molecule has 0 spiro atoms. The quantitative estimate of drug-likeness (QED) is 0.784. The van der Waals surface area contributed by atoms with Crippen LogP contribution in [0.3, 0.4) is 0 Å². The van der Waals surface area contributed by atoms with Crippen molar-refractivity contribution in [1.82, 2.24) is 4.90 Å². The number of carbonyl (C=O) groups is 2. The van der Waals surface area contributed by atoms with Gasteiger partial charge in [-0.1, -0.05) is 18.2 Å². The standard InChI is InChI=1S/C16H13NO3/c1-17-15(18)9-14(16(17)19)12-4-3-11-8-13(20-2)6-5-10(11)7-12/h3-9H,1-2H3. The molecule has 4 heteroatoms. The number of hydrogen-bond donors (Lipinski definition) is 0. The molecule has 1 heterocycles. The molecule has 0 unspecified atom stereocenters. The predicted octanol–water partition coefficient (Wildman–Crippen LogP) is 2.23. The molecule has 2 aromatic rings. The van der Waals surface area contributed by atoms with E-state index in [9.17, 15) is 9.59 Å². The third-order valence-corrected chi connectivity index (χ3v) is 3.49. The van der Waals surface area contributed by atoms with Gasteiger partial charge in [0.15, 0.2) is 0 Å². The van der Waals surface area contributed by atoms with E-state index in [1.165, 1.54) is 13.1 Å². The first-order valence-electron chi connectivity index (χ1n) is 6.22. The van der Waals surface area contributed by atoms with Gasteiger partial charge in [0.05, 0.1) is 12.7 Å². The zero-order valence-electron chi connectivity index (χ0n) is 11.2. The predicted molar refractivity (Wildman–Crippen MR) is 76.3 cm³/mol. The number of carbonyl (C=O) groups excluding carboxylic acids is 2. The molecule has 1 aliphatic rings. The van der Waals surface area contributed by atoms with Crippen molar-refractivity contribution in [3.05, 3.63) is 48.0 Å². The summed E-state index contributed by atoms with van der Waals surface area (Å²) in [6.45, 7) is 0. The normalized spacial score (nSPS) is 14.9. The second-order valence-corrected chi connectivity index (χ2v) is 4.69. The lowest BCUT2D eigenvalue weighted by atomic mass is 10.0. The second-order valence-electron chi connectivity index (χ2n) is 4.69. The number of benzene rings is 2. The lowest BCUT2D eigenvalue weighted by Gasteiger charge is -2.08. The maximum Gasteiger partial charge on any atom is 0.261 e. The molecule has 0 radical (unpaired) electrons. The van der Waals surface area contributed by atoms with Crippen molar-refractivity contribution in [2.24, 2.45) is 0 Å². The van der Waals surface area contributed by atoms with Gasteiger partial charge in [-0.15, -0.1) is 0 Å². The van der Waals surface area contributed by atoms with Crippen LogP contribution in [0.4, 0.5) is 0 Å². The third-order valence-electron chi connectivity index (χ3n) is 3.49. The summed E-state index contributed by atoms with van der Waals surface area (Å²) >= 11 is 0. The van der Waals surface area contributed by atoms with Crippen molar-refractivity contribution < 1.29 is 14.3 Å². The largest absolute Gasteiger partial charge is 0.497 e. The molecular formula is C16H13NO3. The van der Waals surface area contributed by atoms with E-state index in [2.05, 4.69) is 0 Å². The molecule has 1 aliphatic heterocycles. The van der Waals surface area contributed by atoms with E-state index >= 15 is 0 Å². The van der Waals surface area contributed by atoms with Crippen LogP contribution in [0.1, 0.15) is 5.56 Å². The van der Waals surface area contributed by atoms with Crippen LogP contribution in [-0.4, -0.2) is 30.9 Å². The monoisotopic (exact) mass is 267 g/mol. The highest BCUT2D eigenvalue weighted by Gasteiger charge is 2.28. The SMILES string of the molecule is COc1ccc2cc(C3=CC(=O)N(C)C3=O)ccc2c1. The molecule has 3 rings (SSSR count). The molecule has 0 bridgehead atoms. The molecule has 0 atom stereocenters. The topological polar surface area (TPSA) is 46.6 Å². The second kappa shape index (κ2) is 4.49. The van der Waals surface area contributed by atoms with Gasteiger partial charge >= 0.3 is 0 Å².